The van der Waals surface area contributed by atoms with Gasteiger partial charge in [0, 0.05) is 12.6 Å². The van der Waals surface area contributed by atoms with Gasteiger partial charge in [-0.3, -0.25) is 0 Å². The number of halogens is 1. The van der Waals surface area contributed by atoms with E-state index in [-0.39, 0.29) is 0 Å². The number of aromatic nitrogens is 2. The van der Waals surface area contributed by atoms with Crippen molar-refractivity contribution in [2.24, 2.45) is 5.92 Å². The molecule has 4 nitrogen and oxygen atoms in total. The van der Waals surface area contributed by atoms with Gasteiger partial charge in [-0.25, -0.2) is 9.97 Å². The largest absolute Gasteiger partial charge is 0.490 e. The second-order valence-electron chi connectivity index (χ2n) is 4.71. The van der Waals surface area contributed by atoms with Crippen molar-refractivity contribution in [1.29, 1.82) is 0 Å². The molecule has 0 aromatic carbocycles. The van der Waals surface area contributed by atoms with E-state index >= 15 is 0 Å². The van der Waals surface area contributed by atoms with Crippen molar-refractivity contribution in [2.45, 2.75) is 32.7 Å². The third-order valence-corrected chi connectivity index (χ3v) is 3.26. The van der Waals surface area contributed by atoms with E-state index in [4.69, 9.17) is 16.3 Å². The van der Waals surface area contributed by atoms with Gasteiger partial charge in [-0.05, 0) is 32.6 Å². The Labute approximate surface area is 107 Å². The Morgan fingerprint density at radius 2 is 2.18 bits per heavy atom. The third-order valence-electron chi connectivity index (χ3n) is 2.99. The lowest BCUT2D eigenvalue weighted by Crippen LogP contribution is -2.33. The summed E-state index contributed by atoms with van der Waals surface area (Å²) in [5, 5.41) is 0.374. The van der Waals surface area contributed by atoms with Gasteiger partial charge >= 0.3 is 0 Å². The van der Waals surface area contributed by atoms with E-state index in [9.17, 15) is 0 Å². The van der Waals surface area contributed by atoms with Crippen LogP contribution < -0.4 is 9.64 Å². The highest BCUT2D eigenvalue weighted by Crippen LogP contribution is 2.36. The molecular formula is C12H18ClN3O. The molecule has 1 aliphatic carbocycles. The molecule has 0 amide bonds. The van der Waals surface area contributed by atoms with Crippen molar-refractivity contribution in [3.8, 4) is 5.75 Å². The Hall–Kier alpha value is -1.03. The molecule has 0 spiro atoms. The molecule has 0 bridgehead atoms. The van der Waals surface area contributed by atoms with Crippen LogP contribution in [0.4, 0.5) is 5.82 Å². The third kappa shape index (κ3) is 2.80. The van der Waals surface area contributed by atoms with E-state index in [0.29, 0.717) is 16.9 Å². The molecule has 17 heavy (non-hydrogen) atoms. The van der Waals surface area contributed by atoms with E-state index in [1.54, 1.807) is 7.11 Å². The van der Waals surface area contributed by atoms with E-state index in [0.717, 1.165) is 18.3 Å². The second-order valence-corrected chi connectivity index (χ2v) is 5.07. The Morgan fingerprint density at radius 3 is 2.71 bits per heavy atom. The molecule has 2 rings (SSSR count). The summed E-state index contributed by atoms with van der Waals surface area (Å²) in [6, 6.07) is 0.371. The van der Waals surface area contributed by atoms with Crippen LogP contribution in [0.25, 0.3) is 0 Å². The molecule has 1 aromatic heterocycles. The van der Waals surface area contributed by atoms with E-state index < -0.39 is 0 Å². The van der Waals surface area contributed by atoms with Crippen molar-refractivity contribution in [2.75, 3.05) is 18.6 Å². The zero-order valence-corrected chi connectivity index (χ0v) is 11.2. The zero-order valence-electron chi connectivity index (χ0n) is 10.5. The van der Waals surface area contributed by atoms with Crippen LogP contribution in [0.3, 0.4) is 0 Å². The maximum absolute atomic E-state index is 6.03. The zero-order chi connectivity index (χ0) is 12.4. The van der Waals surface area contributed by atoms with Crippen LogP contribution in [0, 0.1) is 5.92 Å². The molecule has 0 N–H and O–H groups in total. The monoisotopic (exact) mass is 255 g/mol. The molecule has 0 unspecified atom stereocenters. The van der Waals surface area contributed by atoms with Crippen LogP contribution in [0.1, 0.15) is 26.7 Å². The van der Waals surface area contributed by atoms with Crippen molar-refractivity contribution < 1.29 is 4.74 Å². The van der Waals surface area contributed by atoms with Crippen molar-refractivity contribution in [1.82, 2.24) is 9.97 Å². The van der Waals surface area contributed by atoms with Crippen molar-refractivity contribution >= 4 is 17.4 Å². The summed E-state index contributed by atoms with van der Waals surface area (Å²) < 4.78 is 5.31. The van der Waals surface area contributed by atoms with E-state index in [2.05, 4.69) is 28.7 Å². The first-order valence-electron chi connectivity index (χ1n) is 5.94. The molecule has 0 radical (unpaired) electrons. The Morgan fingerprint density at radius 1 is 1.47 bits per heavy atom. The highest BCUT2D eigenvalue weighted by Gasteiger charge is 2.28. The first-order valence-corrected chi connectivity index (χ1v) is 6.32. The minimum atomic E-state index is 0.371. The summed E-state index contributed by atoms with van der Waals surface area (Å²) in [7, 11) is 1.60. The molecule has 1 fully saturated rings. The molecule has 1 aliphatic rings. The average Bonchev–Trinajstić information content (AvgIpc) is 3.09. The summed E-state index contributed by atoms with van der Waals surface area (Å²) in [5.74, 6) is 2.16. The van der Waals surface area contributed by atoms with Crippen LogP contribution in [0.2, 0.25) is 5.15 Å². The first-order chi connectivity index (χ1) is 8.13. The Balaban J connectivity index is 2.30. The van der Waals surface area contributed by atoms with Gasteiger partial charge < -0.3 is 9.64 Å². The van der Waals surface area contributed by atoms with Gasteiger partial charge in [-0.15, -0.1) is 0 Å². The highest BCUT2D eigenvalue weighted by molar-refractivity contribution is 6.31. The molecular weight excluding hydrogens is 238 g/mol. The van der Waals surface area contributed by atoms with Gasteiger partial charge in [0.2, 0.25) is 0 Å². The van der Waals surface area contributed by atoms with Crippen LogP contribution in [0.5, 0.6) is 5.75 Å². The van der Waals surface area contributed by atoms with Crippen LogP contribution in [-0.2, 0) is 0 Å². The van der Waals surface area contributed by atoms with Gasteiger partial charge in [0.05, 0.1) is 7.11 Å². The van der Waals surface area contributed by atoms with Crippen LogP contribution in [-0.4, -0.2) is 29.7 Å². The smallest absolute Gasteiger partial charge is 0.199 e. The number of methoxy groups -OCH3 is 1. The van der Waals surface area contributed by atoms with Crippen molar-refractivity contribution in [3.63, 3.8) is 0 Å². The average molecular weight is 256 g/mol. The number of hydrogen-bond donors (Lipinski definition) is 0. The summed E-state index contributed by atoms with van der Waals surface area (Å²) in [4.78, 5) is 10.5. The maximum Gasteiger partial charge on any atom is 0.199 e. The van der Waals surface area contributed by atoms with E-state index in [1.165, 1.54) is 19.2 Å². The Kier molecular flexibility index (Phi) is 3.72. The first kappa shape index (κ1) is 12.4. The van der Waals surface area contributed by atoms with Gasteiger partial charge in [-0.1, -0.05) is 11.6 Å². The van der Waals surface area contributed by atoms with E-state index in [1.807, 2.05) is 0 Å². The van der Waals surface area contributed by atoms with Crippen LogP contribution >= 0.6 is 11.6 Å². The standard InChI is InChI=1S/C12H18ClN3O/c1-8(2)16(6-9-4-5-9)12-10(17-3)11(13)14-7-15-12/h7-9H,4-6H2,1-3H3. The fraction of sp³-hybridized carbons (Fsp3) is 0.667. The summed E-state index contributed by atoms with van der Waals surface area (Å²) in [5.41, 5.74) is 0. The number of nitrogens with zero attached hydrogens (tertiary/aromatic N) is 3. The fourth-order valence-corrected chi connectivity index (χ4v) is 2.05. The topological polar surface area (TPSA) is 38.3 Å². The molecule has 94 valence electrons. The lowest BCUT2D eigenvalue weighted by atomic mass is 10.2. The van der Waals surface area contributed by atoms with Crippen LogP contribution in [0.15, 0.2) is 6.33 Å². The van der Waals surface area contributed by atoms with Gasteiger partial charge in [0.1, 0.15) is 6.33 Å². The number of anilines is 1. The molecule has 0 atom stereocenters. The minimum absolute atomic E-state index is 0.371. The number of ether oxygens (including phenoxy) is 1. The molecule has 0 saturated heterocycles. The SMILES string of the molecule is COc1c(Cl)ncnc1N(CC1CC1)C(C)C. The highest BCUT2D eigenvalue weighted by atomic mass is 35.5. The van der Waals surface area contributed by atoms with Gasteiger partial charge in [0.25, 0.3) is 0 Å². The lowest BCUT2D eigenvalue weighted by Gasteiger charge is -2.29. The van der Waals surface area contributed by atoms with Gasteiger partial charge in [0.15, 0.2) is 16.7 Å². The number of rotatable bonds is 5. The lowest BCUT2D eigenvalue weighted by molar-refractivity contribution is 0.408. The predicted molar refractivity (Wildman–Crippen MR) is 68.8 cm³/mol. The number of hydrogen-bond acceptors (Lipinski definition) is 4. The maximum atomic E-state index is 6.03. The van der Waals surface area contributed by atoms with Gasteiger partial charge in [-0.2, -0.15) is 0 Å². The summed E-state index contributed by atoms with van der Waals surface area (Å²) in [6.07, 6.45) is 4.11. The second kappa shape index (κ2) is 5.08. The normalized spacial score (nSPS) is 15.1. The molecule has 0 aliphatic heterocycles. The quantitative estimate of drug-likeness (QED) is 0.759. The molecule has 1 saturated carbocycles. The van der Waals surface area contributed by atoms with Crippen molar-refractivity contribution in [3.05, 3.63) is 11.5 Å². The summed E-state index contributed by atoms with van der Waals surface area (Å²) in [6.45, 7) is 5.32. The molecule has 5 heteroatoms. The Bertz CT molecular complexity index is 393. The summed E-state index contributed by atoms with van der Waals surface area (Å²) >= 11 is 6.03. The minimum Gasteiger partial charge on any atom is -0.490 e. The molecule has 1 aromatic rings. The predicted octanol–water partition coefficient (Wildman–Crippen LogP) is 2.76. The fourth-order valence-electron chi connectivity index (χ4n) is 1.84. The molecule has 1 heterocycles.